The summed E-state index contributed by atoms with van der Waals surface area (Å²) in [6.07, 6.45) is 8.95. The van der Waals surface area contributed by atoms with Gasteiger partial charge in [-0.05, 0) is 45.2 Å². The summed E-state index contributed by atoms with van der Waals surface area (Å²) in [6.45, 7) is 9.82. The first kappa shape index (κ1) is 23.4. The van der Waals surface area contributed by atoms with Gasteiger partial charge in [-0.15, -0.1) is 0 Å². The van der Waals surface area contributed by atoms with Gasteiger partial charge in [0.2, 0.25) is 0 Å². The van der Waals surface area contributed by atoms with Crippen molar-refractivity contribution in [2.75, 3.05) is 14.2 Å². The molecule has 0 bridgehead atoms. The number of esters is 1. The van der Waals surface area contributed by atoms with Gasteiger partial charge in [0, 0.05) is 18.4 Å². The molecule has 170 valence electrons. The molecule has 6 heteroatoms. The summed E-state index contributed by atoms with van der Waals surface area (Å²) < 4.78 is 29.2. The minimum Gasteiger partial charge on any atom is -0.496 e. The van der Waals surface area contributed by atoms with Crippen molar-refractivity contribution in [1.29, 1.82) is 0 Å². The van der Waals surface area contributed by atoms with Crippen molar-refractivity contribution in [2.24, 2.45) is 5.92 Å². The van der Waals surface area contributed by atoms with Crippen LogP contribution in [0.5, 0.6) is 11.5 Å². The largest absolute Gasteiger partial charge is 0.496 e. The maximum atomic E-state index is 13.1. The molecule has 2 aliphatic heterocycles. The quantitative estimate of drug-likeness (QED) is 0.482. The van der Waals surface area contributed by atoms with E-state index in [-0.39, 0.29) is 24.2 Å². The van der Waals surface area contributed by atoms with Crippen LogP contribution in [0.4, 0.5) is 0 Å². The lowest BCUT2D eigenvalue weighted by atomic mass is 9.95. The van der Waals surface area contributed by atoms with Crippen LogP contribution in [0.1, 0.15) is 62.0 Å². The summed E-state index contributed by atoms with van der Waals surface area (Å²) in [5.41, 5.74) is 1.97. The molecule has 0 radical (unpaired) electrons. The standard InChI is InChI=1S/C25H34O6/c1-15-10-8-11-16(2)29-24(26)22-18(17(3)20(27-6)14-21(22)28-7)12-9-13-19-23(15)31-25(4,5)30-19/h8-10,12,14-16,19,23H,11,13H2,1-7H3/b10-8-,12-9+/t15?,16-,19-,23+/m0/s1. The Hall–Kier alpha value is -2.31. The van der Waals surface area contributed by atoms with E-state index in [4.69, 9.17) is 23.7 Å². The van der Waals surface area contributed by atoms with Crippen molar-refractivity contribution in [3.63, 3.8) is 0 Å². The summed E-state index contributed by atoms with van der Waals surface area (Å²) >= 11 is 0. The zero-order valence-electron chi connectivity index (χ0n) is 19.6. The highest BCUT2D eigenvalue weighted by Crippen LogP contribution is 2.37. The summed E-state index contributed by atoms with van der Waals surface area (Å²) in [5.74, 6) is 0.201. The van der Waals surface area contributed by atoms with Crippen molar-refractivity contribution < 1.29 is 28.5 Å². The van der Waals surface area contributed by atoms with E-state index in [0.29, 0.717) is 29.9 Å². The first-order chi connectivity index (χ1) is 14.7. The van der Waals surface area contributed by atoms with Crippen molar-refractivity contribution in [3.05, 3.63) is 41.0 Å². The van der Waals surface area contributed by atoms with Crippen molar-refractivity contribution in [2.45, 2.75) is 71.6 Å². The van der Waals surface area contributed by atoms with Crippen LogP contribution in [-0.4, -0.2) is 44.3 Å². The first-order valence-electron chi connectivity index (χ1n) is 10.8. The van der Waals surface area contributed by atoms with E-state index in [9.17, 15) is 4.79 Å². The molecular weight excluding hydrogens is 396 g/mol. The fourth-order valence-electron chi connectivity index (χ4n) is 4.24. The summed E-state index contributed by atoms with van der Waals surface area (Å²) in [6, 6.07) is 1.73. The number of hydrogen-bond donors (Lipinski definition) is 0. The predicted octanol–water partition coefficient (Wildman–Crippen LogP) is 5.08. The summed E-state index contributed by atoms with van der Waals surface area (Å²) in [4.78, 5) is 13.1. The monoisotopic (exact) mass is 430 g/mol. The van der Waals surface area contributed by atoms with Crippen LogP contribution in [0.2, 0.25) is 0 Å². The van der Waals surface area contributed by atoms with Crippen LogP contribution >= 0.6 is 0 Å². The fourth-order valence-corrected chi connectivity index (χ4v) is 4.24. The molecule has 0 saturated carbocycles. The lowest BCUT2D eigenvalue weighted by molar-refractivity contribution is -0.148. The summed E-state index contributed by atoms with van der Waals surface area (Å²) in [5, 5.41) is 0. The van der Waals surface area contributed by atoms with Gasteiger partial charge in [0.25, 0.3) is 0 Å². The molecule has 2 aliphatic rings. The number of fused-ring (bicyclic) bond motifs is 2. The lowest BCUT2D eigenvalue weighted by Crippen LogP contribution is -2.28. The highest BCUT2D eigenvalue weighted by molar-refractivity contribution is 5.98. The second-order valence-corrected chi connectivity index (χ2v) is 8.71. The number of cyclic esters (lactones) is 1. The van der Waals surface area contributed by atoms with Gasteiger partial charge < -0.3 is 23.7 Å². The molecule has 1 fully saturated rings. The molecular formula is C25H34O6. The number of carbonyl (C=O) groups excluding carboxylic acids is 1. The maximum absolute atomic E-state index is 13.1. The average molecular weight is 431 g/mol. The van der Waals surface area contributed by atoms with Gasteiger partial charge in [-0.25, -0.2) is 4.79 Å². The second kappa shape index (κ2) is 9.45. The molecule has 0 aliphatic carbocycles. The van der Waals surface area contributed by atoms with Crippen LogP contribution < -0.4 is 9.47 Å². The highest BCUT2D eigenvalue weighted by Gasteiger charge is 2.42. The Bertz CT molecular complexity index is 869. The van der Waals surface area contributed by atoms with Gasteiger partial charge in [-0.3, -0.25) is 0 Å². The number of rotatable bonds is 2. The fraction of sp³-hybridized carbons (Fsp3) is 0.560. The minimum absolute atomic E-state index is 0.0582. The number of ether oxygens (including phenoxy) is 5. The Labute approximate surface area is 185 Å². The average Bonchev–Trinajstić information content (AvgIpc) is 3.02. The minimum atomic E-state index is -0.633. The Morgan fingerprint density at radius 3 is 2.42 bits per heavy atom. The van der Waals surface area contributed by atoms with Gasteiger partial charge in [0.1, 0.15) is 23.2 Å². The lowest BCUT2D eigenvalue weighted by Gasteiger charge is -2.22. The normalized spacial score (nSPS) is 30.4. The molecule has 1 aromatic carbocycles. The number of methoxy groups -OCH3 is 2. The Morgan fingerprint density at radius 1 is 1.03 bits per heavy atom. The van der Waals surface area contributed by atoms with Crippen molar-refractivity contribution in [3.8, 4) is 11.5 Å². The van der Waals surface area contributed by atoms with Crippen molar-refractivity contribution in [1.82, 2.24) is 0 Å². The third kappa shape index (κ3) is 5.13. The molecule has 0 N–H and O–H groups in total. The first-order valence-corrected chi connectivity index (χ1v) is 10.8. The topological polar surface area (TPSA) is 63.2 Å². The van der Waals surface area contributed by atoms with E-state index >= 15 is 0 Å². The van der Waals surface area contributed by atoms with E-state index in [1.54, 1.807) is 13.2 Å². The molecule has 0 aromatic heterocycles. The van der Waals surface area contributed by atoms with Gasteiger partial charge >= 0.3 is 5.97 Å². The molecule has 1 unspecified atom stereocenters. The Kier molecular flexibility index (Phi) is 7.12. The van der Waals surface area contributed by atoms with Gasteiger partial charge in [0.05, 0.1) is 26.4 Å². The van der Waals surface area contributed by atoms with E-state index in [0.717, 1.165) is 11.1 Å². The summed E-state index contributed by atoms with van der Waals surface area (Å²) in [7, 11) is 3.14. The van der Waals surface area contributed by atoms with E-state index in [2.05, 4.69) is 13.0 Å². The van der Waals surface area contributed by atoms with Gasteiger partial charge in [-0.1, -0.05) is 31.2 Å². The SMILES string of the molecule is COc1cc(OC)c2c(c1C)/C=C/C[C@@H]1OC(C)(C)O[C@@H]1C(C)/C=C\C[C@H](C)OC2=O. The molecule has 31 heavy (non-hydrogen) atoms. The molecule has 0 amide bonds. The molecule has 1 saturated heterocycles. The van der Waals surface area contributed by atoms with Crippen LogP contribution in [-0.2, 0) is 14.2 Å². The maximum Gasteiger partial charge on any atom is 0.342 e. The van der Waals surface area contributed by atoms with E-state index in [1.807, 2.05) is 45.9 Å². The number of benzene rings is 1. The smallest absolute Gasteiger partial charge is 0.342 e. The third-order valence-electron chi connectivity index (χ3n) is 5.80. The molecule has 0 spiro atoms. The van der Waals surface area contributed by atoms with Gasteiger partial charge in [0.15, 0.2) is 5.79 Å². The van der Waals surface area contributed by atoms with Crippen LogP contribution in [0.25, 0.3) is 6.08 Å². The number of hydrogen-bond acceptors (Lipinski definition) is 6. The molecule has 6 nitrogen and oxygen atoms in total. The zero-order chi connectivity index (χ0) is 22.8. The molecule has 4 atom stereocenters. The Morgan fingerprint density at radius 2 is 1.74 bits per heavy atom. The van der Waals surface area contributed by atoms with E-state index in [1.165, 1.54) is 7.11 Å². The van der Waals surface area contributed by atoms with Gasteiger partial charge in [-0.2, -0.15) is 0 Å². The van der Waals surface area contributed by atoms with Crippen LogP contribution in [0, 0.1) is 12.8 Å². The van der Waals surface area contributed by atoms with Crippen molar-refractivity contribution >= 4 is 12.0 Å². The van der Waals surface area contributed by atoms with Crippen LogP contribution in [0.15, 0.2) is 24.3 Å². The molecule has 3 rings (SSSR count). The third-order valence-corrected chi connectivity index (χ3v) is 5.80. The highest BCUT2D eigenvalue weighted by atomic mass is 16.8. The Balaban J connectivity index is 2.08. The molecule has 1 aromatic rings. The predicted molar refractivity (Wildman–Crippen MR) is 120 cm³/mol. The van der Waals surface area contributed by atoms with Crippen LogP contribution in [0.3, 0.4) is 0 Å². The molecule has 2 heterocycles. The second-order valence-electron chi connectivity index (χ2n) is 8.71. The van der Waals surface area contributed by atoms with E-state index < -0.39 is 11.8 Å². The number of carbonyl (C=O) groups is 1. The zero-order valence-corrected chi connectivity index (χ0v) is 19.6.